The maximum atomic E-state index is 13.6. The van der Waals surface area contributed by atoms with Crippen LogP contribution in [0.4, 0.5) is 4.39 Å². The van der Waals surface area contributed by atoms with Crippen LogP contribution >= 0.6 is 0 Å². The fourth-order valence-corrected chi connectivity index (χ4v) is 1.74. The Morgan fingerprint density at radius 3 is 2.94 bits per heavy atom. The van der Waals surface area contributed by atoms with E-state index in [-0.39, 0.29) is 5.56 Å². The molecule has 17 heavy (non-hydrogen) atoms. The summed E-state index contributed by atoms with van der Waals surface area (Å²) in [6, 6.07) is 2.55. The predicted octanol–water partition coefficient (Wildman–Crippen LogP) is 2.63. The summed E-state index contributed by atoms with van der Waals surface area (Å²) in [4.78, 5) is 15.5. The van der Waals surface area contributed by atoms with Crippen LogP contribution in [-0.4, -0.2) is 18.1 Å². The Morgan fingerprint density at radius 2 is 2.29 bits per heavy atom. The number of aromatic nitrogens is 1. The highest BCUT2D eigenvalue weighted by Crippen LogP contribution is 2.40. The molecule has 1 fully saturated rings. The molecule has 1 aromatic carbocycles. The van der Waals surface area contributed by atoms with Gasteiger partial charge < -0.3 is 9.15 Å². The maximum Gasteiger partial charge on any atom is 0.340 e. The molecule has 4 nitrogen and oxygen atoms in total. The number of hydrogen-bond acceptors (Lipinski definition) is 4. The lowest BCUT2D eigenvalue weighted by atomic mass is 10.2. The molecule has 0 spiro atoms. The summed E-state index contributed by atoms with van der Waals surface area (Å²) in [7, 11) is 1.21. The van der Waals surface area contributed by atoms with Crippen molar-refractivity contribution in [3.8, 4) is 0 Å². The molecule has 1 heterocycles. The van der Waals surface area contributed by atoms with Gasteiger partial charge in [0.1, 0.15) is 11.3 Å². The Kier molecular flexibility index (Phi) is 2.14. The number of carbonyl (C=O) groups excluding carboxylic acids is 1. The fraction of sp³-hybridized carbons (Fsp3) is 0.333. The average Bonchev–Trinajstić information content (AvgIpc) is 3.08. The van der Waals surface area contributed by atoms with Gasteiger partial charge in [0.15, 0.2) is 11.5 Å². The quantitative estimate of drug-likeness (QED) is 0.751. The minimum atomic E-state index is -0.714. The third-order valence-corrected chi connectivity index (χ3v) is 2.83. The van der Waals surface area contributed by atoms with E-state index in [0.717, 1.165) is 12.8 Å². The number of ether oxygens (including phenoxy) is 1. The largest absolute Gasteiger partial charge is 0.465 e. The lowest BCUT2D eigenvalue weighted by molar-refractivity contribution is 0.0595. The van der Waals surface area contributed by atoms with E-state index in [2.05, 4.69) is 9.72 Å². The topological polar surface area (TPSA) is 52.3 Å². The lowest BCUT2D eigenvalue weighted by Crippen LogP contribution is -2.03. The first-order valence-electron chi connectivity index (χ1n) is 5.37. The summed E-state index contributed by atoms with van der Waals surface area (Å²) in [5, 5.41) is 0. The van der Waals surface area contributed by atoms with Crippen LogP contribution in [0, 0.1) is 5.82 Å². The van der Waals surface area contributed by atoms with Gasteiger partial charge in [0, 0.05) is 18.1 Å². The van der Waals surface area contributed by atoms with Crippen molar-refractivity contribution in [1.29, 1.82) is 0 Å². The lowest BCUT2D eigenvalue weighted by Gasteiger charge is -1.99. The molecule has 88 valence electrons. The van der Waals surface area contributed by atoms with Gasteiger partial charge in [0.2, 0.25) is 0 Å². The van der Waals surface area contributed by atoms with E-state index in [4.69, 9.17) is 4.42 Å². The van der Waals surface area contributed by atoms with Crippen LogP contribution in [0.15, 0.2) is 16.5 Å². The molecule has 0 saturated heterocycles. The standard InChI is InChI=1S/C12H10FNO3/c1-16-12(15)7-4-10-9(5-8(7)13)14-11(17-10)6-2-3-6/h4-6H,2-3H2,1H3. The van der Waals surface area contributed by atoms with Gasteiger partial charge >= 0.3 is 5.97 Å². The molecular weight excluding hydrogens is 225 g/mol. The first-order chi connectivity index (χ1) is 8.19. The van der Waals surface area contributed by atoms with Crippen molar-refractivity contribution in [2.45, 2.75) is 18.8 Å². The Balaban J connectivity index is 2.13. The molecule has 1 aromatic heterocycles. The molecule has 0 radical (unpaired) electrons. The molecule has 0 atom stereocenters. The third-order valence-electron chi connectivity index (χ3n) is 2.83. The van der Waals surface area contributed by atoms with Crippen LogP contribution in [0.3, 0.4) is 0 Å². The molecule has 1 saturated carbocycles. The monoisotopic (exact) mass is 235 g/mol. The fourth-order valence-electron chi connectivity index (χ4n) is 1.74. The molecule has 2 aromatic rings. The van der Waals surface area contributed by atoms with Gasteiger partial charge in [-0.2, -0.15) is 0 Å². The summed E-state index contributed by atoms with van der Waals surface area (Å²) in [6.07, 6.45) is 2.11. The maximum absolute atomic E-state index is 13.6. The third kappa shape index (κ3) is 1.67. The molecule has 0 unspecified atom stereocenters. The van der Waals surface area contributed by atoms with Crippen molar-refractivity contribution in [1.82, 2.24) is 4.98 Å². The predicted molar refractivity (Wildman–Crippen MR) is 57.3 cm³/mol. The van der Waals surface area contributed by atoms with Crippen molar-refractivity contribution >= 4 is 17.1 Å². The van der Waals surface area contributed by atoms with E-state index >= 15 is 0 Å². The van der Waals surface area contributed by atoms with Crippen molar-refractivity contribution in [2.24, 2.45) is 0 Å². The normalized spacial score (nSPS) is 15.2. The molecule has 3 rings (SSSR count). The zero-order valence-electron chi connectivity index (χ0n) is 9.20. The summed E-state index contributed by atoms with van der Waals surface area (Å²) in [6.45, 7) is 0. The van der Waals surface area contributed by atoms with E-state index in [9.17, 15) is 9.18 Å². The van der Waals surface area contributed by atoms with E-state index in [1.165, 1.54) is 19.2 Å². The number of esters is 1. The highest BCUT2D eigenvalue weighted by atomic mass is 19.1. The highest BCUT2D eigenvalue weighted by molar-refractivity contribution is 5.93. The van der Waals surface area contributed by atoms with Crippen LogP contribution in [0.2, 0.25) is 0 Å². The Morgan fingerprint density at radius 1 is 1.53 bits per heavy atom. The second-order valence-corrected chi connectivity index (χ2v) is 4.12. The zero-order chi connectivity index (χ0) is 12.0. The second-order valence-electron chi connectivity index (χ2n) is 4.12. The Labute approximate surface area is 96.4 Å². The van der Waals surface area contributed by atoms with Crippen molar-refractivity contribution < 1.29 is 18.3 Å². The molecule has 1 aliphatic carbocycles. The van der Waals surface area contributed by atoms with E-state index in [1.54, 1.807) is 0 Å². The molecule has 0 amide bonds. The average molecular weight is 235 g/mol. The SMILES string of the molecule is COC(=O)c1cc2oc(C3CC3)nc2cc1F. The van der Waals surface area contributed by atoms with Crippen molar-refractivity contribution in [3.63, 3.8) is 0 Å². The van der Waals surface area contributed by atoms with Crippen molar-refractivity contribution in [3.05, 3.63) is 29.4 Å². The number of nitrogens with zero attached hydrogens (tertiary/aromatic N) is 1. The first kappa shape index (κ1) is 10.3. The van der Waals surface area contributed by atoms with Gasteiger partial charge in [0.05, 0.1) is 12.7 Å². The number of carbonyl (C=O) groups is 1. The van der Waals surface area contributed by atoms with Crippen LogP contribution < -0.4 is 0 Å². The summed E-state index contributed by atoms with van der Waals surface area (Å²) in [5.74, 6) is -0.373. The smallest absolute Gasteiger partial charge is 0.340 e. The number of methoxy groups -OCH3 is 1. The molecular formula is C12H10FNO3. The number of rotatable bonds is 2. The number of hydrogen-bond donors (Lipinski definition) is 0. The van der Waals surface area contributed by atoms with Gasteiger partial charge in [-0.05, 0) is 12.8 Å². The first-order valence-corrected chi connectivity index (χ1v) is 5.37. The molecule has 0 N–H and O–H groups in total. The van der Waals surface area contributed by atoms with Crippen molar-refractivity contribution in [2.75, 3.05) is 7.11 Å². The second kappa shape index (κ2) is 3.55. The van der Waals surface area contributed by atoms with Crippen LogP contribution in [0.1, 0.15) is 35.0 Å². The zero-order valence-corrected chi connectivity index (χ0v) is 9.20. The molecule has 0 bridgehead atoms. The van der Waals surface area contributed by atoms with Gasteiger partial charge in [-0.3, -0.25) is 0 Å². The van der Waals surface area contributed by atoms with E-state index < -0.39 is 11.8 Å². The van der Waals surface area contributed by atoms with Crippen LogP contribution in [-0.2, 0) is 4.74 Å². The Hall–Kier alpha value is -1.91. The van der Waals surface area contributed by atoms with E-state index in [1.807, 2.05) is 0 Å². The number of benzene rings is 1. The van der Waals surface area contributed by atoms with Gasteiger partial charge in [0.25, 0.3) is 0 Å². The highest BCUT2D eigenvalue weighted by Gasteiger charge is 2.29. The Bertz CT molecular complexity index is 601. The number of oxazole rings is 1. The van der Waals surface area contributed by atoms with Crippen LogP contribution in [0.5, 0.6) is 0 Å². The molecule has 0 aliphatic heterocycles. The minimum Gasteiger partial charge on any atom is -0.465 e. The number of halogens is 1. The van der Waals surface area contributed by atoms with Gasteiger partial charge in [-0.15, -0.1) is 0 Å². The van der Waals surface area contributed by atoms with Gasteiger partial charge in [-0.1, -0.05) is 0 Å². The summed E-state index contributed by atoms with van der Waals surface area (Å²) >= 11 is 0. The minimum absolute atomic E-state index is 0.126. The van der Waals surface area contributed by atoms with E-state index in [0.29, 0.717) is 22.9 Å². The number of fused-ring (bicyclic) bond motifs is 1. The summed E-state index contributed by atoms with van der Waals surface area (Å²) in [5.41, 5.74) is 0.740. The summed E-state index contributed by atoms with van der Waals surface area (Å²) < 4.78 is 23.6. The molecule has 5 heteroatoms. The van der Waals surface area contributed by atoms with Crippen LogP contribution in [0.25, 0.3) is 11.1 Å². The molecule has 1 aliphatic rings. The van der Waals surface area contributed by atoms with Gasteiger partial charge in [-0.25, -0.2) is 14.2 Å².